The first-order valence-corrected chi connectivity index (χ1v) is 3.95. The van der Waals surface area contributed by atoms with Gasteiger partial charge in [0.1, 0.15) is 0 Å². The van der Waals surface area contributed by atoms with E-state index in [0.717, 1.165) is 0 Å². The smallest absolute Gasteiger partial charge is 0.272 e. The van der Waals surface area contributed by atoms with Crippen LogP contribution >= 0.6 is 0 Å². The molecule has 0 amide bonds. The van der Waals surface area contributed by atoms with Crippen LogP contribution in [0, 0.1) is 0 Å². The van der Waals surface area contributed by atoms with E-state index >= 15 is 0 Å². The van der Waals surface area contributed by atoms with Crippen molar-refractivity contribution >= 4 is 5.65 Å². The van der Waals surface area contributed by atoms with Crippen molar-refractivity contribution in [2.75, 3.05) is 6.61 Å². The summed E-state index contributed by atoms with van der Waals surface area (Å²) in [5.41, 5.74) is 0.648. The molecule has 6 heteroatoms. The Morgan fingerprint density at radius 2 is 2.29 bits per heavy atom. The van der Waals surface area contributed by atoms with Crippen molar-refractivity contribution in [3.63, 3.8) is 0 Å². The molecule has 0 unspecified atom stereocenters. The van der Waals surface area contributed by atoms with Crippen LogP contribution in [0.4, 0.5) is 8.78 Å². The van der Waals surface area contributed by atoms with E-state index in [1.807, 2.05) is 0 Å². The van der Waals surface area contributed by atoms with Crippen LogP contribution in [-0.2, 0) is 0 Å². The zero-order valence-electron chi connectivity index (χ0n) is 7.10. The summed E-state index contributed by atoms with van der Waals surface area (Å²) in [4.78, 5) is 7.76. The highest BCUT2D eigenvalue weighted by atomic mass is 19.3. The quantitative estimate of drug-likeness (QED) is 0.749. The van der Waals surface area contributed by atoms with E-state index in [9.17, 15) is 8.78 Å². The van der Waals surface area contributed by atoms with Gasteiger partial charge in [-0.1, -0.05) is 0 Å². The van der Waals surface area contributed by atoms with Crippen molar-refractivity contribution in [1.82, 2.24) is 14.4 Å². The molecular weight excluding hydrogens is 192 g/mol. The molecule has 0 saturated heterocycles. The van der Waals surface area contributed by atoms with E-state index in [-0.39, 0.29) is 5.88 Å². The molecule has 0 spiro atoms. The van der Waals surface area contributed by atoms with E-state index in [4.69, 9.17) is 4.74 Å². The maximum atomic E-state index is 11.8. The summed E-state index contributed by atoms with van der Waals surface area (Å²) < 4.78 is 30.0. The molecule has 0 atom stereocenters. The minimum atomic E-state index is -2.49. The highest BCUT2D eigenvalue weighted by Gasteiger charge is 2.04. The number of nitrogens with zero attached hydrogens (tertiary/aromatic N) is 3. The van der Waals surface area contributed by atoms with E-state index in [2.05, 4.69) is 9.97 Å². The van der Waals surface area contributed by atoms with Gasteiger partial charge in [0.2, 0.25) is 5.88 Å². The molecule has 0 aromatic carbocycles. The lowest BCUT2D eigenvalue weighted by atomic mass is 10.6. The summed E-state index contributed by atoms with van der Waals surface area (Å²) in [6.07, 6.45) is 3.75. The standard InChI is InChI=1S/C8H7F2N3O/c9-6(10)5-14-8-4-13-2-1-11-7(13)3-12-8/h1-4,6H,5H2. The number of rotatable bonds is 3. The SMILES string of the molecule is FC(F)COc1cn2ccnc2cn1. The van der Waals surface area contributed by atoms with Crippen LogP contribution < -0.4 is 4.74 Å². The van der Waals surface area contributed by atoms with Gasteiger partial charge in [-0.2, -0.15) is 0 Å². The van der Waals surface area contributed by atoms with Gasteiger partial charge in [-0.3, -0.25) is 0 Å². The van der Waals surface area contributed by atoms with E-state index in [1.54, 1.807) is 16.8 Å². The molecule has 2 aromatic heterocycles. The van der Waals surface area contributed by atoms with Crippen molar-refractivity contribution in [2.45, 2.75) is 6.43 Å². The van der Waals surface area contributed by atoms with Crippen LogP contribution in [0.15, 0.2) is 24.8 Å². The summed E-state index contributed by atoms with van der Waals surface area (Å²) in [5.74, 6) is 0.163. The lowest BCUT2D eigenvalue weighted by Gasteiger charge is -2.03. The lowest BCUT2D eigenvalue weighted by molar-refractivity contribution is 0.0793. The maximum absolute atomic E-state index is 11.8. The average molecular weight is 199 g/mol. The van der Waals surface area contributed by atoms with Crippen molar-refractivity contribution < 1.29 is 13.5 Å². The molecule has 2 aromatic rings. The second-order valence-corrected chi connectivity index (χ2v) is 2.62. The number of halogens is 2. The summed E-state index contributed by atoms with van der Waals surface area (Å²) in [5, 5.41) is 0. The predicted molar refractivity (Wildman–Crippen MR) is 44.5 cm³/mol. The molecule has 2 rings (SSSR count). The van der Waals surface area contributed by atoms with Gasteiger partial charge < -0.3 is 9.14 Å². The molecule has 0 saturated carbocycles. The molecule has 0 bridgehead atoms. The Morgan fingerprint density at radius 1 is 1.43 bits per heavy atom. The average Bonchev–Trinajstić information content (AvgIpc) is 2.61. The minimum absolute atomic E-state index is 0.163. The first kappa shape index (κ1) is 8.86. The van der Waals surface area contributed by atoms with E-state index in [1.165, 1.54) is 12.4 Å². The largest absolute Gasteiger partial charge is 0.471 e. The topological polar surface area (TPSA) is 39.4 Å². The third kappa shape index (κ3) is 1.78. The van der Waals surface area contributed by atoms with Crippen LogP contribution in [0.2, 0.25) is 0 Å². The Bertz CT molecular complexity index is 429. The fourth-order valence-corrected chi connectivity index (χ4v) is 1.03. The predicted octanol–water partition coefficient (Wildman–Crippen LogP) is 1.37. The van der Waals surface area contributed by atoms with Gasteiger partial charge in [-0.15, -0.1) is 0 Å². The summed E-state index contributed by atoms with van der Waals surface area (Å²) in [6.45, 7) is -0.646. The molecule has 0 radical (unpaired) electrons. The van der Waals surface area contributed by atoms with Crippen LogP contribution in [-0.4, -0.2) is 27.4 Å². The van der Waals surface area contributed by atoms with E-state index < -0.39 is 13.0 Å². The van der Waals surface area contributed by atoms with Crippen LogP contribution in [0.5, 0.6) is 5.88 Å². The zero-order chi connectivity index (χ0) is 9.97. The van der Waals surface area contributed by atoms with Gasteiger partial charge in [0.15, 0.2) is 12.3 Å². The van der Waals surface area contributed by atoms with Gasteiger partial charge in [0, 0.05) is 12.4 Å². The maximum Gasteiger partial charge on any atom is 0.272 e. The Hall–Kier alpha value is -1.72. The zero-order valence-corrected chi connectivity index (χ0v) is 7.10. The third-order valence-electron chi connectivity index (χ3n) is 1.61. The third-order valence-corrected chi connectivity index (χ3v) is 1.61. The van der Waals surface area contributed by atoms with Crippen LogP contribution in [0.25, 0.3) is 5.65 Å². The molecule has 4 nitrogen and oxygen atoms in total. The van der Waals surface area contributed by atoms with Crippen LogP contribution in [0.1, 0.15) is 0 Å². The number of hydrogen-bond acceptors (Lipinski definition) is 3. The Kier molecular flexibility index (Phi) is 2.26. The van der Waals surface area contributed by atoms with Crippen molar-refractivity contribution in [3.05, 3.63) is 24.8 Å². The fourth-order valence-electron chi connectivity index (χ4n) is 1.03. The molecular formula is C8H7F2N3O. The first-order valence-electron chi connectivity index (χ1n) is 3.95. The monoisotopic (exact) mass is 199 g/mol. The number of aromatic nitrogens is 3. The first-order chi connectivity index (χ1) is 6.75. The van der Waals surface area contributed by atoms with E-state index in [0.29, 0.717) is 5.65 Å². The molecule has 74 valence electrons. The Morgan fingerprint density at radius 3 is 3.07 bits per heavy atom. The van der Waals surface area contributed by atoms with Gasteiger partial charge in [-0.25, -0.2) is 18.7 Å². The molecule has 14 heavy (non-hydrogen) atoms. The molecule has 0 aliphatic heterocycles. The van der Waals surface area contributed by atoms with Crippen LogP contribution in [0.3, 0.4) is 0 Å². The second-order valence-electron chi connectivity index (χ2n) is 2.62. The lowest BCUT2D eigenvalue weighted by Crippen LogP contribution is -2.08. The molecule has 2 heterocycles. The Balaban J connectivity index is 2.17. The molecule has 0 N–H and O–H groups in total. The molecule has 0 aliphatic carbocycles. The summed E-state index contributed by atoms with van der Waals surface area (Å²) >= 11 is 0. The Labute approximate surface area is 78.2 Å². The molecule has 0 fully saturated rings. The highest BCUT2D eigenvalue weighted by molar-refractivity contribution is 5.35. The summed E-state index contributed by atoms with van der Waals surface area (Å²) in [7, 11) is 0. The molecule has 0 aliphatic rings. The van der Waals surface area contributed by atoms with Crippen molar-refractivity contribution in [1.29, 1.82) is 0 Å². The van der Waals surface area contributed by atoms with Gasteiger partial charge in [-0.05, 0) is 0 Å². The minimum Gasteiger partial charge on any atom is -0.471 e. The van der Waals surface area contributed by atoms with Crippen molar-refractivity contribution in [2.24, 2.45) is 0 Å². The number of ether oxygens (including phenoxy) is 1. The van der Waals surface area contributed by atoms with Gasteiger partial charge in [0.05, 0.1) is 12.4 Å². The van der Waals surface area contributed by atoms with Gasteiger partial charge >= 0.3 is 0 Å². The number of fused-ring (bicyclic) bond motifs is 1. The summed E-state index contributed by atoms with van der Waals surface area (Å²) in [6, 6.07) is 0. The highest BCUT2D eigenvalue weighted by Crippen LogP contribution is 2.08. The number of hydrogen-bond donors (Lipinski definition) is 0. The normalized spacial score (nSPS) is 11.1. The second kappa shape index (κ2) is 3.57. The fraction of sp³-hybridized carbons (Fsp3) is 0.250. The number of alkyl halides is 2. The number of imidazole rings is 1. The van der Waals surface area contributed by atoms with Gasteiger partial charge in [0.25, 0.3) is 6.43 Å². The van der Waals surface area contributed by atoms with Crippen molar-refractivity contribution in [3.8, 4) is 5.88 Å².